The van der Waals surface area contributed by atoms with E-state index in [1.54, 1.807) is 0 Å². The Morgan fingerprint density at radius 3 is 1.41 bits per heavy atom. The van der Waals surface area contributed by atoms with Crippen LogP contribution >= 0.6 is 0 Å². The lowest BCUT2D eigenvalue weighted by Gasteiger charge is -2.04. The average Bonchev–Trinajstić information content (AvgIpc) is 2.51. The molecule has 2 aromatic carbocycles. The Hall–Kier alpha value is -1.89. The first-order valence-electron chi connectivity index (χ1n) is 8.26. The summed E-state index contributed by atoms with van der Waals surface area (Å²) in [5.74, 6) is 0.402. The summed E-state index contributed by atoms with van der Waals surface area (Å²) in [6, 6.07) is 17.2. The van der Waals surface area contributed by atoms with Crippen LogP contribution < -0.4 is 0 Å². The monoisotopic (exact) mass is 294 g/mol. The molecule has 0 atom stereocenters. The summed E-state index contributed by atoms with van der Waals surface area (Å²) in [6.45, 7) is 4.20. The van der Waals surface area contributed by atoms with E-state index in [9.17, 15) is 4.79 Å². The van der Waals surface area contributed by atoms with E-state index >= 15 is 0 Å². The van der Waals surface area contributed by atoms with Crippen molar-refractivity contribution in [2.75, 3.05) is 0 Å². The molecule has 0 saturated heterocycles. The first-order valence-corrected chi connectivity index (χ1v) is 8.26. The van der Waals surface area contributed by atoms with Crippen LogP contribution in [0.4, 0.5) is 0 Å². The normalized spacial score (nSPS) is 10.6. The van der Waals surface area contributed by atoms with E-state index in [-0.39, 0.29) is 0 Å². The quantitative estimate of drug-likeness (QED) is 0.652. The van der Waals surface area contributed by atoms with Crippen molar-refractivity contribution < 1.29 is 4.79 Å². The van der Waals surface area contributed by atoms with E-state index < -0.39 is 0 Å². The van der Waals surface area contributed by atoms with Crippen molar-refractivity contribution in [1.29, 1.82) is 0 Å². The molecule has 22 heavy (non-hydrogen) atoms. The molecular formula is C21H26O. The van der Waals surface area contributed by atoms with Gasteiger partial charge in [0.05, 0.1) is 0 Å². The molecule has 0 bridgehead atoms. The number of aryl methyl sites for hydroxylation is 4. The van der Waals surface area contributed by atoms with Gasteiger partial charge in [-0.25, -0.2) is 0 Å². The van der Waals surface area contributed by atoms with E-state index in [1.807, 2.05) is 0 Å². The van der Waals surface area contributed by atoms with Gasteiger partial charge in [-0.2, -0.15) is 0 Å². The molecule has 1 nitrogen and oxygen atoms in total. The number of Topliss-reactive ketones (excluding diaryl/α,β-unsaturated/α-hetero) is 1. The molecule has 0 saturated carbocycles. The van der Waals surface area contributed by atoms with Gasteiger partial charge in [-0.1, -0.05) is 59.7 Å². The Morgan fingerprint density at radius 1 is 0.682 bits per heavy atom. The zero-order valence-corrected chi connectivity index (χ0v) is 13.8. The fourth-order valence-corrected chi connectivity index (χ4v) is 2.61. The number of rotatable bonds is 8. The van der Waals surface area contributed by atoms with Gasteiger partial charge in [0, 0.05) is 12.8 Å². The lowest BCUT2D eigenvalue weighted by atomic mass is 10.0. The molecule has 0 aliphatic rings. The number of hydrogen-bond donors (Lipinski definition) is 0. The molecule has 0 aliphatic carbocycles. The summed E-state index contributed by atoms with van der Waals surface area (Å²) in [7, 11) is 0. The van der Waals surface area contributed by atoms with Crippen molar-refractivity contribution in [3.63, 3.8) is 0 Å². The highest BCUT2D eigenvalue weighted by Gasteiger charge is 2.03. The zero-order valence-electron chi connectivity index (χ0n) is 13.8. The predicted octanol–water partition coefficient (Wildman–Crippen LogP) is 5.22. The molecule has 0 N–H and O–H groups in total. The maximum Gasteiger partial charge on any atom is 0.132 e. The number of ketones is 1. The first kappa shape index (κ1) is 16.5. The van der Waals surface area contributed by atoms with Crippen molar-refractivity contribution in [3.05, 3.63) is 70.8 Å². The first-order chi connectivity index (χ1) is 10.6. The van der Waals surface area contributed by atoms with Gasteiger partial charge in [-0.15, -0.1) is 0 Å². The van der Waals surface area contributed by atoms with Crippen LogP contribution in [0, 0.1) is 13.8 Å². The van der Waals surface area contributed by atoms with Crippen LogP contribution in [0.15, 0.2) is 48.5 Å². The molecule has 0 spiro atoms. The van der Waals surface area contributed by atoms with Crippen molar-refractivity contribution in [3.8, 4) is 0 Å². The molecule has 0 radical (unpaired) electrons. The molecular weight excluding hydrogens is 268 g/mol. The topological polar surface area (TPSA) is 17.1 Å². The molecule has 1 heteroatoms. The van der Waals surface area contributed by atoms with Gasteiger partial charge in [0.25, 0.3) is 0 Å². The van der Waals surface area contributed by atoms with E-state index in [2.05, 4.69) is 62.4 Å². The Morgan fingerprint density at radius 2 is 1.05 bits per heavy atom. The third kappa shape index (κ3) is 5.85. The second-order valence-electron chi connectivity index (χ2n) is 6.22. The highest BCUT2D eigenvalue weighted by molar-refractivity contribution is 5.78. The van der Waals surface area contributed by atoms with Gasteiger partial charge in [-0.05, 0) is 50.7 Å². The van der Waals surface area contributed by atoms with Crippen LogP contribution in [-0.4, -0.2) is 5.78 Å². The summed E-state index contributed by atoms with van der Waals surface area (Å²) < 4.78 is 0. The maximum atomic E-state index is 11.9. The van der Waals surface area contributed by atoms with Crippen molar-refractivity contribution in [2.45, 2.75) is 52.4 Å². The highest BCUT2D eigenvalue weighted by Crippen LogP contribution is 2.11. The Labute approximate surface area is 134 Å². The van der Waals surface area contributed by atoms with Crippen molar-refractivity contribution >= 4 is 5.78 Å². The van der Waals surface area contributed by atoms with E-state index in [0.717, 1.165) is 25.7 Å². The van der Waals surface area contributed by atoms with E-state index in [1.165, 1.54) is 22.3 Å². The molecule has 116 valence electrons. The standard InChI is InChI=1S/C21H26O/c1-17-9-13-19(14-10-17)5-3-7-21(22)8-4-6-20-15-11-18(2)12-16-20/h9-16H,3-8H2,1-2H3. The van der Waals surface area contributed by atoms with Gasteiger partial charge >= 0.3 is 0 Å². The molecule has 0 aliphatic heterocycles. The van der Waals surface area contributed by atoms with Crippen LogP contribution in [0.25, 0.3) is 0 Å². The summed E-state index contributed by atoms with van der Waals surface area (Å²) in [5, 5.41) is 0. The Kier molecular flexibility index (Phi) is 6.39. The highest BCUT2D eigenvalue weighted by atomic mass is 16.1. The average molecular weight is 294 g/mol. The van der Waals surface area contributed by atoms with Crippen LogP contribution in [-0.2, 0) is 17.6 Å². The van der Waals surface area contributed by atoms with Gasteiger partial charge in [0.15, 0.2) is 0 Å². The smallest absolute Gasteiger partial charge is 0.132 e. The lowest BCUT2D eigenvalue weighted by molar-refractivity contribution is -0.119. The fourth-order valence-electron chi connectivity index (χ4n) is 2.61. The third-order valence-corrected chi connectivity index (χ3v) is 4.08. The summed E-state index contributed by atoms with van der Waals surface area (Å²) in [4.78, 5) is 11.9. The number of hydrogen-bond acceptors (Lipinski definition) is 1. The van der Waals surface area contributed by atoms with Crippen LogP contribution in [0.3, 0.4) is 0 Å². The largest absolute Gasteiger partial charge is 0.300 e. The Bertz CT molecular complexity index is 525. The van der Waals surface area contributed by atoms with Gasteiger partial charge < -0.3 is 0 Å². The molecule has 0 aromatic heterocycles. The summed E-state index contributed by atoms with van der Waals surface area (Å²) >= 11 is 0. The van der Waals surface area contributed by atoms with E-state index in [4.69, 9.17) is 0 Å². The van der Waals surface area contributed by atoms with Gasteiger partial charge in [0.1, 0.15) is 5.78 Å². The summed E-state index contributed by atoms with van der Waals surface area (Å²) in [6.07, 6.45) is 5.36. The fraction of sp³-hybridized carbons (Fsp3) is 0.381. The lowest BCUT2D eigenvalue weighted by Crippen LogP contribution is -2.00. The van der Waals surface area contributed by atoms with Gasteiger partial charge in [-0.3, -0.25) is 4.79 Å². The minimum Gasteiger partial charge on any atom is -0.300 e. The van der Waals surface area contributed by atoms with E-state index in [0.29, 0.717) is 18.6 Å². The second-order valence-corrected chi connectivity index (χ2v) is 6.22. The van der Waals surface area contributed by atoms with Crippen LogP contribution in [0.1, 0.15) is 47.9 Å². The predicted molar refractivity (Wildman–Crippen MR) is 93.2 cm³/mol. The second kappa shape index (κ2) is 8.53. The SMILES string of the molecule is Cc1ccc(CCCC(=O)CCCc2ccc(C)cc2)cc1. The third-order valence-electron chi connectivity index (χ3n) is 4.08. The minimum atomic E-state index is 0.402. The number of benzene rings is 2. The van der Waals surface area contributed by atoms with Gasteiger partial charge in [0.2, 0.25) is 0 Å². The van der Waals surface area contributed by atoms with Crippen LogP contribution in [0.5, 0.6) is 0 Å². The zero-order chi connectivity index (χ0) is 15.8. The molecule has 0 heterocycles. The Balaban J connectivity index is 1.61. The number of carbonyl (C=O) groups excluding carboxylic acids is 1. The minimum absolute atomic E-state index is 0.402. The molecule has 0 unspecified atom stereocenters. The molecule has 2 rings (SSSR count). The number of carbonyl (C=O) groups is 1. The molecule has 0 fully saturated rings. The maximum absolute atomic E-state index is 11.9. The van der Waals surface area contributed by atoms with Crippen molar-refractivity contribution in [2.24, 2.45) is 0 Å². The van der Waals surface area contributed by atoms with Crippen molar-refractivity contribution in [1.82, 2.24) is 0 Å². The summed E-state index contributed by atoms with van der Waals surface area (Å²) in [5.41, 5.74) is 5.24. The van der Waals surface area contributed by atoms with Crippen LogP contribution in [0.2, 0.25) is 0 Å². The molecule has 2 aromatic rings. The molecule has 0 amide bonds.